The van der Waals surface area contributed by atoms with Crippen LogP contribution in [0.25, 0.3) is 0 Å². The Hall–Kier alpha value is -2.80. The van der Waals surface area contributed by atoms with E-state index in [9.17, 15) is 13.6 Å². The van der Waals surface area contributed by atoms with E-state index in [0.717, 1.165) is 24.8 Å². The zero-order valence-corrected chi connectivity index (χ0v) is 20.9. The molecule has 1 aliphatic heterocycles. The average Bonchev–Trinajstić information content (AvgIpc) is 3.15. The first kappa shape index (κ1) is 27.4. The van der Waals surface area contributed by atoms with Crippen molar-refractivity contribution >= 4 is 17.3 Å². The Morgan fingerprint density at radius 2 is 1.82 bits per heavy atom. The molecule has 7 heteroatoms. The van der Waals surface area contributed by atoms with Gasteiger partial charge in [0, 0.05) is 26.2 Å². The number of methoxy groups -OCH3 is 1. The van der Waals surface area contributed by atoms with E-state index in [4.69, 9.17) is 9.84 Å². The Balaban J connectivity index is 0.00000199. The fraction of sp³-hybridized carbons (Fsp3) is 0.481. The maximum atomic E-state index is 14.1. The minimum atomic E-state index is -1.07. The number of unbranched alkanes of at least 4 members (excludes halogenated alkanes) is 1. The van der Waals surface area contributed by atoms with E-state index in [1.807, 2.05) is 20.8 Å². The molecule has 1 aliphatic rings. The third kappa shape index (κ3) is 6.20. The van der Waals surface area contributed by atoms with E-state index in [1.165, 1.54) is 24.3 Å². The van der Waals surface area contributed by atoms with Crippen LogP contribution in [0.5, 0.6) is 0 Å². The Labute approximate surface area is 202 Å². The van der Waals surface area contributed by atoms with Gasteiger partial charge < -0.3 is 10.1 Å². The maximum absolute atomic E-state index is 14.1. The number of carbonyl (C=O) groups is 1. The minimum absolute atomic E-state index is 0.181. The molecule has 0 radical (unpaired) electrons. The number of carbonyl (C=O) groups excluding carboxylic acids is 1. The van der Waals surface area contributed by atoms with Gasteiger partial charge >= 0.3 is 0 Å². The third-order valence-corrected chi connectivity index (χ3v) is 5.97. The van der Waals surface area contributed by atoms with E-state index in [1.54, 1.807) is 36.4 Å². The molecule has 1 amide bonds. The molecule has 0 saturated heterocycles. The van der Waals surface area contributed by atoms with Gasteiger partial charge in [-0.3, -0.25) is 4.79 Å². The van der Waals surface area contributed by atoms with Crippen LogP contribution in [0.4, 0.5) is 14.5 Å². The van der Waals surface area contributed by atoms with Crippen molar-refractivity contribution in [2.24, 2.45) is 11.0 Å². The van der Waals surface area contributed by atoms with Gasteiger partial charge in [0.15, 0.2) is 0 Å². The van der Waals surface area contributed by atoms with Gasteiger partial charge in [0.2, 0.25) is 5.91 Å². The van der Waals surface area contributed by atoms with Crippen molar-refractivity contribution in [3.8, 4) is 0 Å². The molecule has 1 N–H and O–H groups in total. The van der Waals surface area contributed by atoms with E-state index < -0.39 is 11.4 Å². The number of amides is 1. The molecule has 2 aromatic carbocycles. The van der Waals surface area contributed by atoms with Crippen molar-refractivity contribution in [2.75, 3.05) is 25.3 Å². The van der Waals surface area contributed by atoms with Gasteiger partial charge in [0.25, 0.3) is 0 Å². The van der Waals surface area contributed by atoms with Gasteiger partial charge in [-0.2, -0.15) is 5.10 Å². The second-order valence-corrected chi connectivity index (χ2v) is 8.23. The summed E-state index contributed by atoms with van der Waals surface area (Å²) in [6, 6.07) is 12.2. The highest BCUT2D eigenvalue weighted by Gasteiger charge is 2.53. The van der Waals surface area contributed by atoms with Crippen LogP contribution in [0.1, 0.15) is 58.9 Å². The lowest BCUT2D eigenvalue weighted by atomic mass is 9.77. The van der Waals surface area contributed by atoms with Crippen molar-refractivity contribution in [3.05, 3.63) is 65.7 Å². The number of nitrogens with zero attached hydrogens (tertiary/aromatic N) is 2. The van der Waals surface area contributed by atoms with Crippen LogP contribution in [0.2, 0.25) is 0 Å². The summed E-state index contributed by atoms with van der Waals surface area (Å²) in [5, 5.41) is 9.47. The molecule has 3 rings (SSSR count). The summed E-state index contributed by atoms with van der Waals surface area (Å²) >= 11 is 0. The van der Waals surface area contributed by atoms with Crippen LogP contribution < -0.4 is 10.3 Å². The fourth-order valence-electron chi connectivity index (χ4n) is 4.19. The topological polar surface area (TPSA) is 53.9 Å². The van der Waals surface area contributed by atoms with Gasteiger partial charge in [0.1, 0.15) is 17.2 Å². The van der Waals surface area contributed by atoms with E-state index >= 15 is 0 Å². The highest BCUT2D eigenvalue weighted by Crippen LogP contribution is 2.41. The summed E-state index contributed by atoms with van der Waals surface area (Å²) < 4.78 is 32.7. The third-order valence-electron chi connectivity index (χ3n) is 5.97. The molecule has 0 bridgehead atoms. The fourth-order valence-corrected chi connectivity index (χ4v) is 4.19. The lowest BCUT2D eigenvalue weighted by Crippen LogP contribution is -2.58. The maximum Gasteiger partial charge on any atom is 0.248 e. The monoisotopic (exact) mass is 473 g/mol. The van der Waals surface area contributed by atoms with Crippen LogP contribution in [0.3, 0.4) is 0 Å². The van der Waals surface area contributed by atoms with Gasteiger partial charge in [-0.1, -0.05) is 51.8 Å². The number of nitrogens with one attached hydrogen (secondary N) is 1. The summed E-state index contributed by atoms with van der Waals surface area (Å²) in [6.07, 6.45) is 3.26. The van der Waals surface area contributed by atoms with Crippen LogP contribution in [0.15, 0.2) is 53.6 Å². The zero-order valence-electron chi connectivity index (χ0n) is 20.9. The highest BCUT2D eigenvalue weighted by molar-refractivity contribution is 6.10. The minimum Gasteiger partial charge on any atom is -0.385 e. The average molecular weight is 474 g/mol. The first-order valence-electron chi connectivity index (χ1n) is 12.1. The van der Waals surface area contributed by atoms with E-state index in [0.29, 0.717) is 31.0 Å². The smallest absolute Gasteiger partial charge is 0.248 e. The molecule has 2 unspecified atom stereocenters. The number of hydrazone groups is 1. The zero-order chi connectivity index (χ0) is 25.1. The molecule has 186 valence electrons. The van der Waals surface area contributed by atoms with Gasteiger partial charge in [-0.15, -0.1) is 0 Å². The molecule has 2 atom stereocenters. The molecule has 5 nitrogen and oxygen atoms in total. The molecule has 34 heavy (non-hydrogen) atoms. The SMILES string of the molecule is CC.CCCCC1C(c2ccc(F)cc2)=NN(c2cccc(F)c2)C1(C)C(=O)NCCCOC. The standard InChI is InChI=1S/C25H31F2N3O2.C2H6/c1-4-5-10-22-23(18-11-13-19(26)14-12-18)29-30(21-9-6-8-20(27)17-21)25(22,2)24(31)28-15-7-16-32-3;1-2/h6,8-9,11-14,17,22H,4-5,7,10,15-16H2,1-3H3,(H,28,31);1-2H3. The van der Waals surface area contributed by atoms with Crippen LogP contribution in [-0.4, -0.2) is 37.4 Å². The lowest BCUT2D eigenvalue weighted by Gasteiger charge is -2.37. The van der Waals surface area contributed by atoms with Crippen molar-refractivity contribution in [3.63, 3.8) is 0 Å². The number of hydrogen-bond acceptors (Lipinski definition) is 4. The second kappa shape index (κ2) is 13.2. The number of halogens is 2. The number of hydrogen-bond donors (Lipinski definition) is 1. The number of benzene rings is 2. The first-order chi connectivity index (χ1) is 16.4. The molecule has 0 fully saturated rings. The molecular formula is C27H37F2N3O2. The number of ether oxygens (including phenoxy) is 1. The highest BCUT2D eigenvalue weighted by atomic mass is 19.1. The van der Waals surface area contributed by atoms with Crippen LogP contribution in [-0.2, 0) is 9.53 Å². The molecule has 1 heterocycles. The van der Waals surface area contributed by atoms with Gasteiger partial charge in [-0.05, 0) is 55.7 Å². The van der Waals surface area contributed by atoms with Crippen LogP contribution >= 0.6 is 0 Å². The second-order valence-electron chi connectivity index (χ2n) is 8.23. The normalized spacial score (nSPS) is 19.3. The van der Waals surface area contributed by atoms with Crippen LogP contribution in [0, 0.1) is 17.6 Å². The predicted octanol–water partition coefficient (Wildman–Crippen LogP) is 5.93. The first-order valence-corrected chi connectivity index (χ1v) is 12.1. The number of rotatable bonds is 10. The van der Waals surface area contributed by atoms with Crippen molar-refractivity contribution in [2.45, 2.75) is 58.9 Å². The van der Waals surface area contributed by atoms with Crippen molar-refractivity contribution in [1.29, 1.82) is 0 Å². The lowest BCUT2D eigenvalue weighted by molar-refractivity contribution is -0.126. The predicted molar refractivity (Wildman–Crippen MR) is 134 cm³/mol. The van der Waals surface area contributed by atoms with E-state index in [2.05, 4.69) is 12.2 Å². The quantitative estimate of drug-likeness (QED) is 0.435. The summed E-state index contributed by atoms with van der Waals surface area (Å²) in [4.78, 5) is 13.6. The Morgan fingerprint density at radius 1 is 1.12 bits per heavy atom. The van der Waals surface area contributed by atoms with Gasteiger partial charge in [-0.25, -0.2) is 13.8 Å². The summed E-state index contributed by atoms with van der Waals surface area (Å²) in [5.74, 6) is -1.17. The van der Waals surface area contributed by atoms with Crippen molar-refractivity contribution < 1.29 is 18.3 Å². The molecule has 0 saturated carbocycles. The van der Waals surface area contributed by atoms with Gasteiger partial charge in [0.05, 0.1) is 11.4 Å². The number of anilines is 1. The van der Waals surface area contributed by atoms with Crippen molar-refractivity contribution in [1.82, 2.24) is 5.32 Å². The largest absolute Gasteiger partial charge is 0.385 e. The Bertz CT molecular complexity index is 949. The van der Waals surface area contributed by atoms with E-state index in [-0.39, 0.29) is 17.6 Å². The summed E-state index contributed by atoms with van der Waals surface area (Å²) in [5.41, 5.74) is 0.889. The molecular weight excluding hydrogens is 436 g/mol. The summed E-state index contributed by atoms with van der Waals surface area (Å²) in [6.45, 7) is 8.95. The Kier molecular flexibility index (Phi) is 10.6. The molecule has 0 aliphatic carbocycles. The molecule has 2 aromatic rings. The molecule has 0 spiro atoms. The Morgan fingerprint density at radius 3 is 2.44 bits per heavy atom. The summed E-state index contributed by atoms with van der Waals surface area (Å²) in [7, 11) is 1.62. The molecule has 0 aromatic heterocycles.